The van der Waals surface area contributed by atoms with Gasteiger partial charge in [0.2, 0.25) is 0 Å². The van der Waals surface area contributed by atoms with Crippen LogP contribution in [0.4, 0.5) is 0 Å². The van der Waals surface area contributed by atoms with Crippen molar-refractivity contribution in [3.63, 3.8) is 0 Å². The molecule has 5 rings (SSSR count). The fraction of sp³-hybridized carbons (Fsp3) is 0.438. The zero-order chi connectivity index (χ0) is 24.6. The third-order valence-electron chi connectivity index (χ3n) is 7.70. The molecule has 4 nitrogen and oxygen atoms in total. The Morgan fingerprint density at radius 3 is 2.36 bits per heavy atom. The van der Waals surface area contributed by atoms with E-state index in [1.165, 1.54) is 69.3 Å². The number of fused-ring (bicyclic) bond motifs is 1. The van der Waals surface area contributed by atoms with E-state index in [0.717, 1.165) is 30.1 Å². The van der Waals surface area contributed by atoms with Gasteiger partial charge in [-0.05, 0) is 86.8 Å². The maximum Gasteiger partial charge on any atom is 0.123 e. The van der Waals surface area contributed by atoms with Gasteiger partial charge in [0.15, 0.2) is 0 Å². The highest BCUT2D eigenvalue weighted by molar-refractivity contribution is 5.51. The van der Waals surface area contributed by atoms with Gasteiger partial charge in [-0.1, -0.05) is 61.7 Å². The van der Waals surface area contributed by atoms with Crippen LogP contribution in [-0.2, 0) is 0 Å². The van der Waals surface area contributed by atoms with Crippen molar-refractivity contribution >= 4 is 0 Å². The molecular formula is C32H39NO3. The lowest BCUT2D eigenvalue weighted by molar-refractivity contribution is 0.248. The first kappa shape index (κ1) is 24.7. The Balaban J connectivity index is 1.16. The van der Waals surface area contributed by atoms with E-state index in [1.54, 1.807) is 6.07 Å². The summed E-state index contributed by atoms with van der Waals surface area (Å²) in [5.41, 5.74) is 3.50. The van der Waals surface area contributed by atoms with Crippen molar-refractivity contribution in [1.82, 2.24) is 4.90 Å². The van der Waals surface area contributed by atoms with Crippen LogP contribution >= 0.6 is 0 Å². The minimum absolute atomic E-state index is 0.109. The van der Waals surface area contributed by atoms with Crippen molar-refractivity contribution in [2.45, 2.75) is 56.8 Å². The zero-order valence-electron chi connectivity index (χ0n) is 21.3. The van der Waals surface area contributed by atoms with Crippen LogP contribution in [0.25, 0.3) is 0 Å². The molecule has 2 heterocycles. The molecule has 0 unspecified atom stereocenters. The standard InChI is InChI=1S/C32H39NO3/c34-27-15-18-31-29(23-27)32(30(24-36-31)25-11-5-4-6-12-25)26-13-16-28(17-14-26)35-22-10-3-1-2-7-19-33-20-8-9-21-33/h4-6,11-18,23,30,32,34H,1-3,7-10,19-22,24H2/t30-,32-/m0/s1. The van der Waals surface area contributed by atoms with Gasteiger partial charge in [0, 0.05) is 17.4 Å². The number of hydrogen-bond donors (Lipinski definition) is 1. The average molecular weight is 486 g/mol. The molecule has 3 aromatic rings. The Morgan fingerprint density at radius 2 is 1.56 bits per heavy atom. The molecule has 0 saturated carbocycles. The summed E-state index contributed by atoms with van der Waals surface area (Å²) in [5.74, 6) is 2.33. The maximum atomic E-state index is 10.2. The molecule has 0 radical (unpaired) electrons. The van der Waals surface area contributed by atoms with Crippen LogP contribution in [0, 0.1) is 0 Å². The fourth-order valence-corrected chi connectivity index (χ4v) is 5.74. The first-order valence-corrected chi connectivity index (χ1v) is 13.7. The van der Waals surface area contributed by atoms with Crippen molar-refractivity contribution in [3.8, 4) is 17.2 Å². The third-order valence-corrected chi connectivity index (χ3v) is 7.70. The first-order chi connectivity index (χ1) is 17.8. The number of unbranched alkanes of at least 4 members (excludes halogenated alkanes) is 4. The molecular weight excluding hydrogens is 446 g/mol. The number of phenols is 1. The summed E-state index contributed by atoms with van der Waals surface area (Å²) in [6, 6.07) is 24.5. The summed E-state index contributed by atoms with van der Waals surface area (Å²) >= 11 is 0. The Labute approximate surface area is 215 Å². The lowest BCUT2D eigenvalue weighted by atomic mass is 9.76. The van der Waals surface area contributed by atoms with Gasteiger partial charge >= 0.3 is 0 Å². The Bertz CT molecular complexity index is 1080. The van der Waals surface area contributed by atoms with Crippen molar-refractivity contribution in [2.75, 3.05) is 32.8 Å². The van der Waals surface area contributed by atoms with E-state index in [0.29, 0.717) is 6.61 Å². The number of nitrogens with zero attached hydrogens (tertiary/aromatic N) is 1. The van der Waals surface area contributed by atoms with Crippen LogP contribution in [0.3, 0.4) is 0 Å². The molecule has 3 aromatic carbocycles. The number of phenolic OH excluding ortho intramolecular Hbond substituents is 1. The predicted octanol–water partition coefficient (Wildman–Crippen LogP) is 7.13. The molecule has 0 aliphatic carbocycles. The second-order valence-corrected chi connectivity index (χ2v) is 10.3. The molecule has 190 valence electrons. The summed E-state index contributed by atoms with van der Waals surface area (Å²) in [6.45, 7) is 5.28. The average Bonchev–Trinajstić information content (AvgIpc) is 3.44. The SMILES string of the molecule is Oc1ccc2c(c1)[C@H](c1ccc(OCCCCCCCN3CCCC3)cc1)[C@H](c1ccccc1)CO2. The number of likely N-dealkylation sites (tertiary alicyclic amines) is 1. The summed E-state index contributed by atoms with van der Waals surface area (Å²) in [4.78, 5) is 2.61. The molecule has 1 saturated heterocycles. The highest BCUT2D eigenvalue weighted by Crippen LogP contribution is 2.47. The molecule has 0 bridgehead atoms. The van der Waals surface area contributed by atoms with Gasteiger partial charge in [-0.3, -0.25) is 0 Å². The predicted molar refractivity (Wildman–Crippen MR) is 145 cm³/mol. The Morgan fingerprint density at radius 1 is 0.806 bits per heavy atom. The molecule has 0 aromatic heterocycles. The third kappa shape index (κ3) is 6.22. The molecule has 0 amide bonds. The topological polar surface area (TPSA) is 41.9 Å². The normalized spacial score (nSPS) is 19.6. The van der Waals surface area contributed by atoms with Gasteiger partial charge in [0.1, 0.15) is 17.2 Å². The van der Waals surface area contributed by atoms with Gasteiger partial charge in [-0.15, -0.1) is 0 Å². The van der Waals surface area contributed by atoms with Crippen LogP contribution in [-0.4, -0.2) is 42.9 Å². The van der Waals surface area contributed by atoms with E-state index in [1.807, 2.05) is 18.2 Å². The van der Waals surface area contributed by atoms with E-state index >= 15 is 0 Å². The summed E-state index contributed by atoms with van der Waals surface area (Å²) in [7, 11) is 0. The van der Waals surface area contributed by atoms with Gasteiger partial charge < -0.3 is 19.5 Å². The molecule has 1 N–H and O–H groups in total. The van der Waals surface area contributed by atoms with Crippen LogP contribution in [0.5, 0.6) is 17.2 Å². The molecule has 36 heavy (non-hydrogen) atoms. The van der Waals surface area contributed by atoms with Crippen molar-refractivity contribution in [2.24, 2.45) is 0 Å². The first-order valence-electron chi connectivity index (χ1n) is 13.7. The molecule has 4 heteroatoms. The second-order valence-electron chi connectivity index (χ2n) is 10.3. The quantitative estimate of drug-likeness (QED) is 0.294. The zero-order valence-corrected chi connectivity index (χ0v) is 21.3. The van der Waals surface area contributed by atoms with Gasteiger partial charge in [-0.25, -0.2) is 0 Å². The van der Waals surface area contributed by atoms with Crippen LogP contribution in [0.1, 0.15) is 73.5 Å². The smallest absolute Gasteiger partial charge is 0.123 e. The fourth-order valence-electron chi connectivity index (χ4n) is 5.74. The molecule has 2 aliphatic rings. The summed E-state index contributed by atoms with van der Waals surface area (Å²) < 4.78 is 12.2. The maximum absolute atomic E-state index is 10.2. The summed E-state index contributed by atoms with van der Waals surface area (Å²) in [6.07, 6.45) is 9.07. The van der Waals surface area contributed by atoms with Crippen LogP contribution < -0.4 is 9.47 Å². The lowest BCUT2D eigenvalue weighted by Crippen LogP contribution is -2.25. The minimum Gasteiger partial charge on any atom is -0.508 e. The molecule has 2 atom stereocenters. The van der Waals surface area contributed by atoms with Crippen molar-refractivity contribution in [3.05, 3.63) is 89.5 Å². The van der Waals surface area contributed by atoms with Crippen molar-refractivity contribution in [1.29, 1.82) is 0 Å². The highest BCUT2D eigenvalue weighted by Gasteiger charge is 2.33. The molecule has 0 spiro atoms. The van der Waals surface area contributed by atoms with E-state index in [2.05, 4.69) is 53.4 Å². The van der Waals surface area contributed by atoms with E-state index in [9.17, 15) is 5.11 Å². The minimum atomic E-state index is 0.109. The van der Waals surface area contributed by atoms with Gasteiger partial charge in [-0.2, -0.15) is 0 Å². The number of aromatic hydroxyl groups is 1. The number of rotatable bonds is 11. The number of benzene rings is 3. The second kappa shape index (κ2) is 12.3. The Kier molecular flexibility index (Phi) is 8.45. The van der Waals surface area contributed by atoms with Gasteiger partial charge in [0.05, 0.1) is 13.2 Å². The molecule has 1 fully saturated rings. The summed E-state index contributed by atoms with van der Waals surface area (Å²) in [5, 5.41) is 10.2. The number of ether oxygens (including phenoxy) is 2. The highest BCUT2D eigenvalue weighted by atomic mass is 16.5. The van der Waals surface area contributed by atoms with Crippen LogP contribution in [0.2, 0.25) is 0 Å². The van der Waals surface area contributed by atoms with E-state index in [4.69, 9.17) is 9.47 Å². The number of hydrogen-bond acceptors (Lipinski definition) is 4. The van der Waals surface area contributed by atoms with Crippen LogP contribution in [0.15, 0.2) is 72.8 Å². The lowest BCUT2D eigenvalue weighted by Gasteiger charge is -2.34. The Hall–Kier alpha value is -2.98. The monoisotopic (exact) mass is 485 g/mol. The van der Waals surface area contributed by atoms with E-state index in [-0.39, 0.29) is 17.6 Å². The van der Waals surface area contributed by atoms with Crippen molar-refractivity contribution < 1.29 is 14.6 Å². The molecule has 2 aliphatic heterocycles. The largest absolute Gasteiger partial charge is 0.508 e. The van der Waals surface area contributed by atoms with Gasteiger partial charge in [0.25, 0.3) is 0 Å². The van der Waals surface area contributed by atoms with E-state index < -0.39 is 0 Å².